The fourth-order valence-electron chi connectivity index (χ4n) is 1.80. The van der Waals surface area contributed by atoms with Gasteiger partial charge in [0.05, 0.1) is 17.1 Å². The molecule has 0 saturated heterocycles. The molecule has 0 radical (unpaired) electrons. The van der Waals surface area contributed by atoms with Crippen LogP contribution < -0.4 is 5.43 Å². The molecule has 0 amide bonds. The Morgan fingerprint density at radius 3 is 2.33 bits per heavy atom. The zero-order chi connectivity index (χ0) is 20.9. The molecule has 0 aliphatic rings. The van der Waals surface area contributed by atoms with Crippen LogP contribution in [0.5, 0.6) is 0 Å². The quantitative estimate of drug-likeness (QED) is 0.192. The van der Waals surface area contributed by atoms with E-state index < -0.39 is 64.6 Å². The van der Waals surface area contributed by atoms with E-state index in [-0.39, 0.29) is 0 Å². The Hall–Kier alpha value is -2.81. The first-order chi connectivity index (χ1) is 12.4. The molecule has 1 aromatic rings. The molecule has 1 aromatic carbocycles. The van der Waals surface area contributed by atoms with E-state index in [0.717, 1.165) is 0 Å². The summed E-state index contributed by atoms with van der Waals surface area (Å²) < 4.78 is 38.2. The largest absolute Gasteiger partial charge is 0.477 e. The van der Waals surface area contributed by atoms with Crippen LogP contribution in [0.25, 0.3) is 0 Å². The number of anilines is 1. The Balaban J connectivity index is 3.29. The minimum absolute atomic E-state index is 0.298. The number of nitrogens with zero attached hydrogens (tertiary/aromatic N) is 2. The van der Waals surface area contributed by atoms with Crippen LogP contribution in [0.15, 0.2) is 23.3 Å². The van der Waals surface area contributed by atoms with Gasteiger partial charge in [0.15, 0.2) is 5.71 Å². The van der Waals surface area contributed by atoms with E-state index in [1.165, 1.54) is 0 Å². The maximum Gasteiger partial charge on any atom is 0.416 e. The van der Waals surface area contributed by atoms with E-state index >= 15 is 0 Å². The van der Waals surface area contributed by atoms with Gasteiger partial charge in [-0.2, -0.15) is 18.3 Å². The molecule has 14 heteroatoms. The fraction of sp³-hybridized carbons (Fsp3) is 0.385. The molecule has 0 heterocycles. The number of rotatable bonds is 8. The minimum atomic E-state index is -4.86. The third-order valence-corrected chi connectivity index (χ3v) is 3.22. The van der Waals surface area contributed by atoms with Gasteiger partial charge in [-0.25, -0.2) is 4.79 Å². The average molecular weight is 397 g/mol. The lowest BCUT2D eigenvalue weighted by Gasteiger charge is -2.21. The number of nitro groups is 1. The van der Waals surface area contributed by atoms with Gasteiger partial charge in [-0.05, 0) is 12.1 Å². The molecule has 11 nitrogen and oxygen atoms in total. The lowest BCUT2D eigenvalue weighted by molar-refractivity contribution is -0.384. The zero-order valence-electron chi connectivity index (χ0n) is 13.2. The van der Waals surface area contributed by atoms with Crippen molar-refractivity contribution in [3.63, 3.8) is 0 Å². The SMILES string of the molecule is O=C(O)/C(=N/Nc1cc(C(F)(F)F)ccc1[N+](=O)[O-])[C@@H](O)[C@@H](O)[C@H](O)CO. The van der Waals surface area contributed by atoms with Gasteiger partial charge in [-0.15, -0.1) is 0 Å². The second-order valence-corrected chi connectivity index (χ2v) is 5.09. The maximum atomic E-state index is 12.7. The number of hydrogen-bond donors (Lipinski definition) is 6. The summed E-state index contributed by atoms with van der Waals surface area (Å²) in [5.41, 5.74) is -2.55. The number of carboxylic acids is 1. The van der Waals surface area contributed by atoms with Crippen molar-refractivity contribution in [2.24, 2.45) is 5.10 Å². The minimum Gasteiger partial charge on any atom is -0.477 e. The number of benzene rings is 1. The summed E-state index contributed by atoms with van der Waals surface area (Å²) in [4.78, 5) is 21.0. The van der Waals surface area contributed by atoms with E-state index in [0.29, 0.717) is 18.2 Å². The van der Waals surface area contributed by atoms with Crippen LogP contribution in [0.4, 0.5) is 24.5 Å². The molecule has 150 valence electrons. The highest BCUT2D eigenvalue weighted by atomic mass is 19.4. The van der Waals surface area contributed by atoms with E-state index in [1.54, 1.807) is 5.43 Å². The van der Waals surface area contributed by atoms with Gasteiger partial charge in [0, 0.05) is 6.07 Å². The molecular weight excluding hydrogens is 383 g/mol. The van der Waals surface area contributed by atoms with Gasteiger partial charge < -0.3 is 25.5 Å². The van der Waals surface area contributed by atoms with Gasteiger partial charge in [-0.3, -0.25) is 15.5 Å². The van der Waals surface area contributed by atoms with Crippen molar-refractivity contribution in [2.75, 3.05) is 12.0 Å². The summed E-state index contributed by atoms with van der Waals surface area (Å²) in [5, 5.41) is 60.1. The van der Waals surface area contributed by atoms with E-state index in [1.807, 2.05) is 0 Å². The first kappa shape index (κ1) is 22.2. The Morgan fingerprint density at radius 2 is 1.89 bits per heavy atom. The number of hydrazone groups is 1. The monoisotopic (exact) mass is 397 g/mol. The van der Waals surface area contributed by atoms with Crippen LogP contribution in [0.3, 0.4) is 0 Å². The van der Waals surface area contributed by atoms with E-state index in [9.17, 15) is 43.4 Å². The van der Waals surface area contributed by atoms with Gasteiger partial charge >= 0.3 is 12.1 Å². The topological polar surface area (TPSA) is 186 Å². The molecule has 6 N–H and O–H groups in total. The summed E-state index contributed by atoms with van der Waals surface area (Å²) in [7, 11) is 0. The summed E-state index contributed by atoms with van der Waals surface area (Å²) in [6.45, 7) is -1.04. The maximum absolute atomic E-state index is 12.7. The van der Waals surface area contributed by atoms with Crippen LogP contribution in [0.2, 0.25) is 0 Å². The average Bonchev–Trinajstić information content (AvgIpc) is 2.58. The van der Waals surface area contributed by atoms with Gasteiger partial charge in [0.25, 0.3) is 5.69 Å². The zero-order valence-corrected chi connectivity index (χ0v) is 13.2. The van der Waals surface area contributed by atoms with E-state index in [4.69, 9.17) is 10.2 Å². The molecule has 27 heavy (non-hydrogen) atoms. The van der Waals surface area contributed by atoms with E-state index in [2.05, 4.69) is 5.10 Å². The van der Waals surface area contributed by atoms with Crippen LogP contribution in [-0.4, -0.2) is 67.1 Å². The molecule has 0 spiro atoms. The smallest absolute Gasteiger partial charge is 0.416 e. The third kappa shape index (κ3) is 5.58. The number of nitro benzene ring substituents is 1. The Bertz CT molecular complexity index is 740. The molecule has 0 aliphatic heterocycles. The van der Waals surface area contributed by atoms with Crippen LogP contribution in [-0.2, 0) is 11.0 Å². The summed E-state index contributed by atoms with van der Waals surface area (Å²) in [6.07, 6.45) is -11.4. The summed E-state index contributed by atoms with van der Waals surface area (Å²) >= 11 is 0. The molecule has 0 fully saturated rings. The molecule has 1 rings (SSSR count). The standard InChI is InChI=1S/C13H14F3N3O8/c14-13(15,16)5-1-2-7(19(26)27)6(3-5)17-18-9(12(24)25)11(23)10(22)8(21)4-20/h1-3,8,10-11,17,20-23H,4H2,(H,24,25)/b18-9+/t8-,10+,11-/m1/s1. The molecule has 0 saturated carbocycles. The second kappa shape index (κ2) is 8.72. The Kier molecular flexibility index (Phi) is 7.18. The Labute approximate surface area is 148 Å². The fourth-order valence-corrected chi connectivity index (χ4v) is 1.80. The lowest BCUT2D eigenvalue weighted by atomic mass is 10.0. The Morgan fingerprint density at radius 1 is 1.30 bits per heavy atom. The van der Waals surface area contributed by atoms with Gasteiger partial charge in [-0.1, -0.05) is 0 Å². The summed E-state index contributed by atoms with van der Waals surface area (Å²) in [6, 6.07) is 1.25. The highest BCUT2D eigenvalue weighted by Gasteiger charge is 2.34. The highest BCUT2D eigenvalue weighted by Crippen LogP contribution is 2.34. The van der Waals surface area contributed by atoms with Crippen molar-refractivity contribution in [2.45, 2.75) is 24.5 Å². The first-order valence-corrected chi connectivity index (χ1v) is 6.97. The number of carbonyl (C=O) groups is 1. The van der Waals surface area contributed by atoms with Crippen molar-refractivity contribution in [3.8, 4) is 0 Å². The predicted octanol–water partition coefficient (Wildman–Crippen LogP) is -0.459. The first-order valence-electron chi connectivity index (χ1n) is 6.97. The normalized spacial score (nSPS) is 15.7. The number of aliphatic hydroxyl groups is 4. The number of halogens is 3. The van der Waals surface area contributed by atoms with Crippen molar-refractivity contribution in [1.29, 1.82) is 0 Å². The number of aliphatic carboxylic acids is 1. The van der Waals surface area contributed by atoms with Crippen molar-refractivity contribution in [1.82, 2.24) is 0 Å². The predicted molar refractivity (Wildman–Crippen MR) is 81.9 cm³/mol. The number of carboxylic acid groups (broad SMARTS) is 1. The third-order valence-electron chi connectivity index (χ3n) is 3.22. The molecule has 0 unspecified atom stereocenters. The summed E-state index contributed by atoms with van der Waals surface area (Å²) in [5.74, 6) is -1.95. The molecule has 0 bridgehead atoms. The molecule has 0 aromatic heterocycles. The van der Waals surface area contributed by atoms with Crippen molar-refractivity contribution in [3.05, 3.63) is 33.9 Å². The number of nitrogens with one attached hydrogen (secondary N) is 1. The van der Waals surface area contributed by atoms with Crippen molar-refractivity contribution >= 4 is 23.1 Å². The number of aliphatic hydroxyl groups excluding tert-OH is 4. The van der Waals surface area contributed by atoms with Crippen molar-refractivity contribution < 1.29 is 48.4 Å². The van der Waals surface area contributed by atoms with Gasteiger partial charge in [0.2, 0.25) is 0 Å². The highest BCUT2D eigenvalue weighted by molar-refractivity contribution is 6.37. The second-order valence-electron chi connectivity index (χ2n) is 5.09. The van der Waals surface area contributed by atoms with Crippen LogP contribution >= 0.6 is 0 Å². The van der Waals surface area contributed by atoms with Crippen LogP contribution in [0, 0.1) is 10.1 Å². The van der Waals surface area contributed by atoms with Crippen LogP contribution in [0.1, 0.15) is 5.56 Å². The lowest BCUT2D eigenvalue weighted by Crippen LogP contribution is -2.46. The molecular formula is C13H14F3N3O8. The molecule has 3 atom stereocenters. The number of alkyl halides is 3. The molecule has 0 aliphatic carbocycles. The number of hydrogen-bond acceptors (Lipinski definition) is 9. The van der Waals surface area contributed by atoms with Gasteiger partial charge in [0.1, 0.15) is 24.0 Å².